The van der Waals surface area contributed by atoms with Crippen LogP contribution >= 0.6 is 0 Å². The first kappa shape index (κ1) is 45.9. The van der Waals surface area contributed by atoms with Crippen LogP contribution in [-0.2, 0) is 52.4 Å². The molecule has 0 aliphatic rings. The summed E-state index contributed by atoms with van der Waals surface area (Å²) < 4.78 is 21.4. The molecule has 0 amide bonds. The van der Waals surface area contributed by atoms with Crippen molar-refractivity contribution in [1.82, 2.24) is 0 Å². The van der Waals surface area contributed by atoms with Gasteiger partial charge in [0, 0.05) is 0 Å². The van der Waals surface area contributed by atoms with Gasteiger partial charge in [0.15, 0.2) is 0 Å². The molecule has 8 aromatic carbocycles. The molecule has 4 heterocycles. The average molecular weight is 978 g/mol. The maximum atomic E-state index is 5.35. The van der Waals surface area contributed by atoms with E-state index in [1.54, 1.807) is 25.1 Å². The van der Waals surface area contributed by atoms with E-state index in [1.807, 2.05) is 97.1 Å². The normalized spacial score (nSPS) is 10.1. The number of fused-ring (bicyclic) bond motifs is 4. The van der Waals surface area contributed by atoms with Gasteiger partial charge in [0.05, 0.1) is 48.1 Å². The van der Waals surface area contributed by atoms with Crippen molar-refractivity contribution in [3.05, 3.63) is 219 Å². The molecule has 60 heavy (non-hydrogen) atoms. The maximum Gasteiger partial charge on any atom is 2.00 e. The van der Waals surface area contributed by atoms with Gasteiger partial charge < -0.3 is 42.5 Å². The van der Waals surface area contributed by atoms with Gasteiger partial charge in [0.2, 0.25) is 0 Å². The molecule has 0 saturated carbocycles. The minimum absolute atomic E-state index is 0. The minimum Gasteiger partial charge on any atom is -1.00 e. The Morgan fingerprint density at radius 3 is 0.667 bits per heavy atom. The van der Waals surface area contributed by atoms with E-state index >= 15 is 0 Å². The molecule has 12 rings (SSSR count). The number of halogens is 2. The van der Waals surface area contributed by atoms with Gasteiger partial charge in [-0.2, -0.15) is 0 Å². The molecule has 4 aromatic heterocycles. The molecular weight excluding hydrogens is 942 g/mol. The molecule has 0 spiro atoms. The maximum absolute atomic E-state index is 5.35. The molecule has 0 saturated heterocycles. The summed E-state index contributed by atoms with van der Waals surface area (Å²) in [7, 11) is 0. The third kappa shape index (κ3) is 10.7. The number of hydrogen-bond acceptors (Lipinski definition) is 4. The largest absolute Gasteiger partial charge is 2.00 e. The van der Waals surface area contributed by atoms with Crippen LogP contribution in [0.25, 0.3) is 88.4 Å². The van der Waals surface area contributed by atoms with Crippen molar-refractivity contribution in [3.63, 3.8) is 0 Å². The second-order valence-corrected chi connectivity index (χ2v) is 13.4. The molecule has 4 nitrogen and oxygen atoms in total. The molecule has 0 fully saturated rings. The van der Waals surface area contributed by atoms with Gasteiger partial charge in [-0.05, 0) is 24.3 Å². The van der Waals surface area contributed by atoms with E-state index < -0.39 is 0 Å². The molecular formula is C52H36Cl2O4Zr2-2. The first-order valence-electron chi connectivity index (χ1n) is 18.5. The molecule has 0 unspecified atom stereocenters. The summed E-state index contributed by atoms with van der Waals surface area (Å²) in [6.07, 6.45) is 6.81. The van der Waals surface area contributed by atoms with Crippen molar-refractivity contribution in [2.24, 2.45) is 0 Å². The zero-order valence-electron chi connectivity index (χ0n) is 32.2. The van der Waals surface area contributed by atoms with Crippen LogP contribution in [0, 0.1) is 0 Å². The summed E-state index contributed by atoms with van der Waals surface area (Å²) in [4.78, 5) is 0. The second kappa shape index (κ2) is 21.9. The Morgan fingerprint density at radius 2 is 0.483 bits per heavy atom. The Morgan fingerprint density at radius 1 is 0.267 bits per heavy atom. The van der Waals surface area contributed by atoms with Crippen molar-refractivity contribution in [3.8, 4) is 45.3 Å². The fourth-order valence-electron chi connectivity index (χ4n) is 6.94. The molecule has 0 bridgehead atoms. The Labute approximate surface area is 399 Å². The summed E-state index contributed by atoms with van der Waals surface area (Å²) >= 11 is 0. The van der Waals surface area contributed by atoms with Crippen molar-refractivity contribution in [2.75, 3.05) is 0 Å². The van der Waals surface area contributed by atoms with E-state index in [0.29, 0.717) is 0 Å². The zero-order chi connectivity index (χ0) is 37.5. The van der Waals surface area contributed by atoms with Crippen LogP contribution in [0.5, 0.6) is 0 Å². The van der Waals surface area contributed by atoms with Crippen LogP contribution in [0.4, 0.5) is 0 Å². The fourth-order valence-corrected chi connectivity index (χ4v) is 6.94. The Bertz CT molecular complexity index is 2480. The summed E-state index contributed by atoms with van der Waals surface area (Å²) in [6, 6.07) is 66.0. The summed E-state index contributed by atoms with van der Waals surface area (Å²) in [6.45, 7) is 0. The number of furan rings is 4. The number of benzene rings is 4. The van der Waals surface area contributed by atoms with E-state index in [1.165, 1.54) is 43.1 Å². The summed E-state index contributed by atoms with van der Waals surface area (Å²) in [5.41, 5.74) is 4.60. The SMILES string of the molecule is [Cl-].[Cl-].[Zr+2].[Zr+2].c1coc(-c2cc3ccccc3[cH-]2)c1.c1coc(-c2cc3ccccc3[cH-]2)c1.c1coc(-c2cc3ccccc3[cH-]2)c1.c1coc(-c2cc3ccccc3[cH-]2)c1. The summed E-state index contributed by atoms with van der Waals surface area (Å²) in [5.74, 6) is 3.73. The predicted octanol–water partition coefficient (Wildman–Crippen LogP) is 9.28. The van der Waals surface area contributed by atoms with Crippen LogP contribution in [0.1, 0.15) is 0 Å². The molecule has 0 radical (unpaired) electrons. The van der Waals surface area contributed by atoms with Crippen molar-refractivity contribution in [1.29, 1.82) is 0 Å². The van der Waals surface area contributed by atoms with E-state index in [4.69, 9.17) is 17.7 Å². The van der Waals surface area contributed by atoms with Crippen LogP contribution in [0.15, 0.2) is 237 Å². The van der Waals surface area contributed by atoms with E-state index in [-0.39, 0.29) is 77.2 Å². The molecule has 0 aliphatic carbocycles. The van der Waals surface area contributed by atoms with Gasteiger partial charge in [0.25, 0.3) is 0 Å². The topological polar surface area (TPSA) is 52.6 Å². The third-order valence-corrected chi connectivity index (χ3v) is 9.69. The predicted molar refractivity (Wildman–Crippen MR) is 229 cm³/mol. The standard InChI is InChI=1S/4C13H9O.2ClH.2Zr/c4*1-2-5-11-9-12(8-10(11)4-1)13-6-3-7-14-13;;;;/h4*1-9H;2*1H;;/q4*-1;;;2*+2/p-2. The van der Waals surface area contributed by atoms with Gasteiger partial charge in [-0.15, -0.1) is 116 Å². The smallest absolute Gasteiger partial charge is 1.00 e. The number of hydrogen-bond donors (Lipinski definition) is 0. The van der Waals surface area contributed by atoms with Crippen molar-refractivity contribution < 1.29 is 94.9 Å². The Kier molecular flexibility index (Phi) is 16.7. The Hall–Kier alpha value is -5.21. The minimum atomic E-state index is 0. The first-order chi connectivity index (χ1) is 27.7. The average Bonchev–Trinajstić information content (AvgIpc) is 4.11. The molecule has 292 valence electrons. The molecule has 8 heteroatoms. The molecule has 12 aromatic rings. The molecule has 0 atom stereocenters. The van der Waals surface area contributed by atoms with Gasteiger partial charge in [-0.25, -0.2) is 0 Å². The van der Waals surface area contributed by atoms with Crippen LogP contribution < -0.4 is 24.8 Å². The van der Waals surface area contributed by atoms with E-state index in [9.17, 15) is 0 Å². The van der Waals surface area contributed by atoms with Crippen LogP contribution in [0.3, 0.4) is 0 Å². The summed E-state index contributed by atoms with van der Waals surface area (Å²) in [5, 5.41) is 10.1. The third-order valence-electron chi connectivity index (χ3n) is 9.69. The second-order valence-electron chi connectivity index (χ2n) is 13.4. The first-order valence-corrected chi connectivity index (χ1v) is 18.5. The van der Waals surface area contributed by atoms with Gasteiger partial charge in [0.1, 0.15) is 0 Å². The van der Waals surface area contributed by atoms with Crippen LogP contribution in [0.2, 0.25) is 0 Å². The monoisotopic (exact) mass is 974 g/mol. The number of rotatable bonds is 4. The molecule has 0 N–H and O–H groups in total. The van der Waals surface area contributed by atoms with Gasteiger partial charge in [-0.3, -0.25) is 0 Å². The van der Waals surface area contributed by atoms with Gasteiger partial charge in [-0.1, -0.05) is 119 Å². The fraction of sp³-hybridized carbons (Fsp3) is 0. The van der Waals surface area contributed by atoms with Gasteiger partial charge >= 0.3 is 52.4 Å². The van der Waals surface area contributed by atoms with E-state index in [2.05, 4.69) is 97.1 Å². The Balaban J connectivity index is 0.000000148. The quantitative estimate of drug-likeness (QED) is 0.165. The van der Waals surface area contributed by atoms with Crippen molar-refractivity contribution in [2.45, 2.75) is 0 Å². The van der Waals surface area contributed by atoms with Crippen molar-refractivity contribution >= 4 is 43.1 Å². The zero-order valence-corrected chi connectivity index (χ0v) is 38.6. The molecule has 0 aliphatic heterocycles. The van der Waals surface area contributed by atoms with Crippen LogP contribution in [-0.4, -0.2) is 0 Å². The van der Waals surface area contributed by atoms with E-state index in [0.717, 1.165) is 45.3 Å².